The van der Waals surface area contributed by atoms with Gasteiger partial charge in [0.25, 0.3) is 0 Å². The molecule has 0 N–H and O–H groups in total. The van der Waals surface area contributed by atoms with E-state index >= 15 is 0 Å². The first kappa shape index (κ1) is 18.9. The summed E-state index contributed by atoms with van der Waals surface area (Å²) in [6.45, 7) is 4.10. The number of carbonyl (C=O) groups is 2. The van der Waals surface area contributed by atoms with Gasteiger partial charge in [0.05, 0.1) is 6.61 Å². The lowest BCUT2D eigenvalue weighted by molar-refractivity contribution is -0.138. The summed E-state index contributed by atoms with van der Waals surface area (Å²) in [7, 11) is 0. The maximum Gasteiger partial charge on any atom is 0.330 e. The Morgan fingerprint density at radius 3 is 1.80 bits per heavy atom. The predicted molar refractivity (Wildman–Crippen MR) is 82.6 cm³/mol. The van der Waals surface area contributed by atoms with Crippen LogP contribution in [-0.4, -0.2) is 18.4 Å². The number of carbonyl (C=O) groups excluding carboxylic acids is 2. The van der Waals surface area contributed by atoms with Crippen molar-refractivity contribution in [1.82, 2.24) is 0 Å². The van der Waals surface area contributed by atoms with Crippen LogP contribution in [0.5, 0.6) is 0 Å². The Morgan fingerprint density at radius 1 is 0.800 bits per heavy atom. The van der Waals surface area contributed by atoms with Crippen molar-refractivity contribution in [1.29, 1.82) is 0 Å². The summed E-state index contributed by atoms with van der Waals surface area (Å²) >= 11 is 0. The van der Waals surface area contributed by atoms with E-state index in [1.807, 2.05) is 0 Å². The van der Waals surface area contributed by atoms with E-state index in [-0.39, 0.29) is 5.78 Å². The number of hydrogen-bond acceptors (Lipinski definition) is 3. The van der Waals surface area contributed by atoms with E-state index < -0.39 is 5.97 Å². The summed E-state index contributed by atoms with van der Waals surface area (Å²) in [4.78, 5) is 21.8. The van der Waals surface area contributed by atoms with Crippen molar-refractivity contribution in [3.8, 4) is 0 Å². The Balaban J connectivity index is 3.20. The molecule has 0 aromatic carbocycles. The van der Waals surface area contributed by atoms with Crippen LogP contribution in [0.15, 0.2) is 12.2 Å². The highest BCUT2D eigenvalue weighted by Crippen LogP contribution is 2.10. The molecular formula is C17H30O3. The van der Waals surface area contributed by atoms with Crippen molar-refractivity contribution < 1.29 is 14.3 Å². The van der Waals surface area contributed by atoms with Gasteiger partial charge in [-0.3, -0.25) is 4.79 Å². The molecule has 3 heteroatoms. The number of rotatable bonds is 13. The largest absolute Gasteiger partial charge is 0.463 e. The van der Waals surface area contributed by atoms with Crippen LogP contribution < -0.4 is 0 Å². The first-order valence-corrected chi connectivity index (χ1v) is 8.02. The third-order valence-corrected chi connectivity index (χ3v) is 3.20. The normalized spacial score (nSPS) is 10.9. The molecule has 0 aliphatic carbocycles. The summed E-state index contributed by atoms with van der Waals surface area (Å²) in [6, 6.07) is 0. The van der Waals surface area contributed by atoms with Gasteiger partial charge in [-0.15, -0.1) is 0 Å². The van der Waals surface area contributed by atoms with Crippen molar-refractivity contribution in [2.24, 2.45) is 0 Å². The number of esters is 1. The number of ether oxygens (including phenoxy) is 1. The van der Waals surface area contributed by atoms with Crippen molar-refractivity contribution in [3.63, 3.8) is 0 Å². The van der Waals surface area contributed by atoms with Crippen molar-refractivity contribution in [3.05, 3.63) is 12.2 Å². The molecule has 0 rings (SSSR count). The first-order chi connectivity index (χ1) is 9.66. The Morgan fingerprint density at radius 2 is 1.30 bits per heavy atom. The first-order valence-electron chi connectivity index (χ1n) is 8.02. The third-order valence-electron chi connectivity index (χ3n) is 3.20. The Hall–Kier alpha value is -1.12. The summed E-state index contributed by atoms with van der Waals surface area (Å²) in [5.74, 6) is -0.558. The van der Waals surface area contributed by atoms with Crippen LogP contribution in [0.1, 0.15) is 78.1 Å². The Bertz CT molecular complexity index is 282. The van der Waals surface area contributed by atoms with Crippen molar-refractivity contribution >= 4 is 11.8 Å². The lowest BCUT2D eigenvalue weighted by Gasteiger charge is -2.03. The molecule has 0 saturated carbocycles. The monoisotopic (exact) mass is 282 g/mol. The topological polar surface area (TPSA) is 43.4 Å². The quantitative estimate of drug-likeness (QED) is 0.282. The molecule has 0 aliphatic heterocycles. The summed E-state index contributed by atoms with van der Waals surface area (Å²) < 4.78 is 4.99. The second-order valence-electron chi connectivity index (χ2n) is 5.29. The van der Waals surface area contributed by atoms with Gasteiger partial charge >= 0.3 is 5.97 Å². The molecule has 0 spiro atoms. The van der Waals surface area contributed by atoms with Gasteiger partial charge in [0.15, 0.2) is 5.78 Å². The number of hydrogen-bond donors (Lipinski definition) is 0. The molecule has 0 radical (unpaired) electrons. The minimum atomic E-state index is -0.420. The van der Waals surface area contributed by atoms with Crippen LogP contribution >= 0.6 is 0 Å². The van der Waals surface area contributed by atoms with E-state index in [2.05, 4.69) is 6.92 Å². The number of ketones is 1. The maximum atomic E-state index is 11.1. The molecule has 116 valence electrons. The van der Waals surface area contributed by atoms with E-state index in [4.69, 9.17) is 4.74 Å². The highest BCUT2D eigenvalue weighted by atomic mass is 16.5. The van der Waals surface area contributed by atoms with Crippen LogP contribution in [0, 0.1) is 0 Å². The van der Waals surface area contributed by atoms with Crippen LogP contribution in [0.3, 0.4) is 0 Å². The number of unbranched alkanes of at least 4 members (excludes halogenated alkanes) is 9. The van der Waals surface area contributed by atoms with E-state index in [0.29, 0.717) is 6.61 Å². The summed E-state index contributed by atoms with van der Waals surface area (Å²) in [5.41, 5.74) is 0. The zero-order valence-corrected chi connectivity index (χ0v) is 13.2. The van der Waals surface area contributed by atoms with Gasteiger partial charge in [-0.2, -0.15) is 0 Å². The number of allylic oxidation sites excluding steroid dienone is 1. The summed E-state index contributed by atoms with van der Waals surface area (Å²) in [5, 5.41) is 0. The SMILES string of the molecule is CCCCCCCCCCCCOC(=O)/C=C/C(C)=O. The van der Waals surface area contributed by atoms with Gasteiger partial charge < -0.3 is 4.74 Å². The van der Waals surface area contributed by atoms with Gasteiger partial charge in [-0.25, -0.2) is 4.79 Å². The van der Waals surface area contributed by atoms with Gasteiger partial charge in [0.1, 0.15) is 0 Å². The second-order valence-corrected chi connectivity index (χ2v) is 5.29. The molecule has 0 aromatic heterocycles. The highest BCUT2D eigenvalue weighted by Gasteiger charge is 1.97. The van der Waals surface area contributed by atoms with Crippen LogP contribution in [0.4, 0.5) is 0 Å². The van der Waals surface area contributed by atoms with Gasteiger partial charge in [-0.1, -0.05) is 64.7 Å². The maximum absolute atomic E-state index is 11.1. The van der Waals surface area contributed by atoms with Crippen molar-refractivity contribution in [2.45, 2.75) is 78.1 Å². The lowest BCUT2D eigenvalue weighted by atomic mass is 10.1. The van der Waals surface area contributed by atoms with E-state index in [1.165, 1.54) is 70.4 Å². The van der Waals surface area contributed by atoms with E-state index in [9.17, 15) is 9.59 Å². The Labute approximate surface area is 123 Å². The van der Waals surface area contributed by atoms with Crippen molar-refractivity contribution in [2.75, 3.05) is 6.61 Å². The minimum absolute atomic E-state index is 0.138. The highest BCUT2D eigenvalue weighted by molar-refractivity contribution is 5.94. The Kier molecular flexibility index (Phi) is 13.5. The molecule has 20 heavy (non-hydrogen) atoms. The standard InChI is InChI=1S/C17H30O3/c1-3-4-5-6-7-8-9-10-11-12-15-20-17(19)14-13-16(2)18/h13-14H,3-12,15H2,1-2H3/b14-13+. The third kappa shape index (κ3) is 14.9. The molecular weight excluding hydrogens is 252 g/mol. The molecule has 0 atom stereocenters. The fourth-order valence-corrected chi connectivity index (χ4v) is 2.00. The molecule has 0 heterocycles. The molecule has 0 amide bonds. The lowest BCUT2D eigenvalue weighted by Crippen LogP contribution is -2.02. The average molecular weight is 282 g/mol. The molecule has 0 aliphatic rings. The van der Waals surface area contributed by atoms with Crippen LogP contribution in [-0.2, 0) is 14.3 Å². The van der Waals surface area contributed by atoms with Gasteiger partial charge in [-0.05, 0) is 19.4 Å². The van der Waals surface area contributed by atoms with E-state index in [0.717, 1.165) is 12.8 Å². The smallest absolute Gasteiger partial charge is 0.330 e. The zero-order chi connectivity index (χ0) is 15.1. The van der Waals surface area contributed by atoms with Gasteiger partial charge in [0, 0.05) is 6.08 Å². The second kappa shape index (κ2) is 14.3. The van der Waals surface area contributed by atoms with Gasteiger partial charge in [0.2, 0.25) is 0 Å². The van der Waals surface area contributed by atoms with Crippen LogP contribution in [0.2, 0.25) is 0 Å². The minimum Gasteiger partial charge on any atom is -0.463 e. The van der Waals surface area contributed by atoms with Crippen LogP contribution in [0.25, 0.3) is 0 Å². The summed E-state index contributed by atoms with van der Waals surface area (Å²) in [6.07, 6.45) is 15.0. The molecule has 0 fully saturated rings. The zero-order valence-electron chi connectivity index (χ0n) is 13.2. The molecule has 0 saturated heterocycles. The molecule has 0 unspecified atom stereocenters. The predicted octanol–water partition coefficient (Wildman–Crippen LogP) is 4.60. The molecule has 0 bridgehead atoms. The molecule has 3 nitrogen and oxygen atoms in total. The van der Waals surface area contributed by atoms with E-state index in [1.54, 1.807) is 0 Å². The molecule has 0 aromatic rings. The fraction of sp³-hybridized carbons (Fsp3) is 0.765. The fourth-order valence-electron chi connectivity index (χ4n) is 2.00. The average Bonchev–Trinajstić information content (AvgIpc) is 2.42.